The summed E-state index contributed by atoms with van der Waals surface area (Å²) in [6.07, 6.45) is 5.54. The molecule has 1 aliphatic carbocycles. The second-order valence-corrected chi connectivity index (χ2v) is 9.37. The predicted molar refractivity (Wildman–Crippen MR) is 86.0 cm³/mol. The average Bonchev–Trinajstić information content (AvgIpc) is 3.12. The Morgan fingerprint density at radius 2 is 1.90 bits per heavy atom. The Morgan fingerprint density at radius 1 is 1.24 bits per heavy atom. The fourth-order valence-electron chi connectivity index (χ4n) is 3.11. The van der Waals surface area contributed by atoms with Crippen molar-refractivity contribution in [2.24, 2.45) is 0 Å². The minimum Gasteiger partial charge on any atom is -0.310 e. The minimum atomic E-state index is -3.34. The van der Waals surface area contributed by atoms with Crippen LogP contribution < -0.4 is 5.32 Å². The zero-order valence-corrected chi connectivity index (χ0v) is 14.3. The van der Waals surface area contributed by atoms with Crippen LogP contribution in [-0.2, 0) is 16.6 Å². The van der Waals surface area contributed by atoms with E-state index in [4.69, 9.17) is 0 Å². The van der Waals surface area contributed by atoms with Gasteiger partial charge < -0.3 is 5.32 Å². The third kappa shape index (κ3) is 3.33. The first-order valence-electron chi connectivity index (χ1n) is 7.83. The first kappa shape index (κ1) is 15.5. The van der Waals surface area contributed by atoms with E-state index in [1.54, 1.807) is 4.31 Å². The third-order valence-electron chi connectivity index (χ3n) is 4.45. The Kier molecular flexibility index (Phi) is 4.41. The van der Waals surface area contributed by atoms with Crippen molar-refractivity contribution >= 4 is 21.4 Å². The van der Waals surface area contributed by atoms with Gasteiger partial charge in [0.1, 0.15) is 4.21 Å². The normalized spacial score (nSPS) is 27.9. The lowest BCUT2D eigenvalue weighted by molar-refractivity contribution is 0.204. The lowest BCUT2D eigenvalue weighted by Gasteiger charge is -2.37. The molecule has 0 spiro atoms. The van der Waals surface area contributed by atoms with Crippen molar-refractivity contribution in [3.8, 4) is 0 Å². The maximum Gasteiger partial charge on any atom is 0.253 e. The van der Waals surface area contributed by atoms with Crippen LogP contribution in [-0.4, -0.2) is 30.8 Å². The third-order valence-corrected chi connectivity index (χ3v) is 8.04. The minimum absolute atomic E-state index is 0.105. The Labute approximate surface area is 131 Å². The highest BCUT2D eigenvalue weighted by Crippen LogP contribution is 2.32. The standard InChI is InChI=1S/C15H24N2O2S2/c1-11-4-3-5-12(2)17(11)21(18,19)15-8-13(10-20-15)9-16-14-6-7-14/h8,10-12,14,16H,3-7,9H2,1-2H3. The van der Waals surface area contributed by atoms with Crippen LogP contribution in [0.1, 0.15) is 51.5 Å². The van der Waals surface area contributed by atoms with E-state index in [0.717, 1.165) is 31.4 Å². The van der Waals surface area contributed by atoms with Crippen LogP contribution >= 0.6 is 11.3 Å². The van der Waals surface area contributed by atoms with Crippen LogP contribution in [0.15, 0.2) is 15.7 Å². The molecule has 0 radical (unpaired) electrons. The van der Waals surface area contributed by atoms with Crippen molar-refractivity contribution in [2.75, 3.05) is 0 Å². The molecule has 0 amide bonds. The number of hydrogen-bond acceptors (Lipinski definition) is 4. The van der Waals surface area contributed by atoms with Gasteiger partial charge in [-0.25, -0.2) is 8.42 Å². The summed E-state index contributed by atoms with van der Waals surface area (Å²) in [7, 11) is -3.34. The predicted octanol–water partition coefficient (Wildman–Crippen LogP) is 2.95. The molecule has 1 N–H and O–H groups in total. The van der Waals surface area contributed by atoms with Crippen molar-refractivity contribution in [1.82, 2.24) is 9.62 Å². The van der Waals surface area contributed by atoms with Gasteiger partial charge in [0.25, 0.3) is 10.0 Å². The van der Waals surface area contributed by atoms with Crippen LogP contribution in [0, 0.1) is 0 Å². The van der Waals surface area contributed by atoms with E-state index in [0.29, 0.717) is 10.3 Å². The van der Waals surface area contributed by atoms with E-state index in [9.17, 15) is 8.42 Å². The van der Waals surface area contributed by atoms with Crippen LogP contribution in [0.5, 0.6) is 0 Å². The Bertz CT molecular complexity index is 583. The number of piperidine rings is 1. The molecule has 1 aromatic rings. The molecule has 2 unspecified atom stereocenters. The second-order valence-electron chi connectivity index (χ2n) is 6.39. The number of sulfonamides is 1. The summed E-state index contributed by atoms with van der Waals surface area (Å²) in [4.78, 5) is 0. The lowest BCUT2D eigenvalue weighted by atomic mass is 10.0. The van der Waals surface area contributed by atoms with Crippen molar-refractivity contribution in [1.29, 1.82) is 0 Å². The number of hydrogen-bond donors (Lipinski definition) is 1. The topological polar surface area (TPSA) is 49.4 Å². The number of rotatable bonds is 5. The van der Waals surface area contributed by atoms with Gasteiger partial charge in [-0.2, -0.15) is 4.31 Å². The molecule has 118 valence electrons. The molecule has 2 heterocycles. The summed E-state index contributed by atoms with van der Waals surface area (Å²) >= 11 is 1.36. The van der Waals surface area contributed by atoms with Crippen LogP contribution in [0.3, 0.4) is 0 Å². The van der Waals surface area contributed by atoms with Gasteiger partial charge in [-0.15, -0.1) is 11.3 Å². The molecule has 6 heteroatoms. The smallest absolute Gasteiger partial charge is 0.253 e. The molecule has 2 aliphatic rings. The summed E-state index contributed by atoms with van der Waals surface area (Å²) in [5.74, 6) is 0. The first-order valence-corrected chi connectivity index (χ1v) is 10.1. The first-order chi connectivity index (χ1) is 9.98. The van der Waals surface area contributed by atoms with Crippen LogP contribution in [0.2, 0.25) is 0 Å². The SMILES string of the molecule is CC1CCCC(C)N1S(=O)(=O)c1cc(CNC2CC2)cs1. The van der Waals surface area contributed by atoms with Crippen molar-refractivity contribution in [3.05, 3.63) is 17.0 Å². The highest BCUT2D eigenvalue weighted by atomic mass is 32.2. The highest BCUT2D eigenvalue weighted by molar-refractivity contribution is 7.91. The van der Waals surface area contributed by atoms with Crippen molar-refractivity contribution < 1.29 is 8.42 Å². The lowest BCUT2D eigenvalue weighted by Crippen LogP contribution is -2.47. The molecule has 2 atom stereocenters. The summed E-state index contributed by atoms with van der Waals surface area (Å²) < 4.78 is 28.0. The summed E-state index contributed by atoms with van der Waals surface area (Å²) in [6.45, 7) is 4.83. The molecule has 21 heavy (non-hydrogen) atoms. The summed E-state index contributed by atoms with van der Waals surface area (Å²) in [5, 5.41) is 5.41. The molecule has 2 fully saturated rings. The van der Waals surface area contributed by atoms with E-state index in [2.05, 4.69) is 5.32 Å². The Morgan fingerprint density at radius 3 is 2.52 bits per heavy atom. The van der Waals surface area contributed by atoms with E-state index in [-0.39, 0.29) is 12.1 Å². The van der Waals surface area contributed by atoms with Crippen LogP contribution in [0.25, 0.3) is 0 Å². The maximum atomic E-state index is 12.9. The quantitative estimate of drug-likeness (QED) is 0.904. The van der Waals surface area contributed by atoms with Crippen molar-refractivity contribution in [3.63, 3.8) is 0 Å². The zero-order valence-electron chi connectivity index (χ0n) is 12.7. The van der Waals surface area contributed by atoms with Gasteiger partial charge in [-0.3, -0.25) is 0 Å². The van der Waals surface area contributed by atoms with Gasteiger partial charge >= 0.3 is 0 Å². The summed E-state index contributed by atoms with van der Waals surface area (Å²) in [5.41, 5.74) is 1.09. The monoisotopic (exact) mass is 328 g/mol. The summed E-state index contributed by atoms with van der Waals surface area (Å²) in [6, 6.07) is 2.71. The molecule has 1 aromatic heterocycles. The van der Waals surface area contributed by atoms with Gasteiger partial charge in [-0.1, -0.05) is 6.42 Å². The number of nitrogens with one attached hydrogen (secondary N) is 1. The fraction of sp³-hybridized carbons (Fsp3) is 0.733. The van der Waals surface area contributed by atoms with Crippen molar-refractivity contribution in [2.45, 2.75) is 74.8 Å². The van der Waals surface area contributed by atoms with E-state index in [1.807, 2.05) is 25.3 Å². The van der Waals surface area contributed by atoms with Gasteiger partial charge in [-0.05, 0) is 56.5 Å². The molecular formula is C15H24N2O2S2. The number of nitrogens with zero attached hydrogens (tertiary/aromatic N) is 1. The van der Waals surface area contributed by atoms with Gasteiger partial charge in [0.05, 0.1) is 0 Å². The van der Waals surface area contributed by atoms with Gasteiger partial charge in [0.2, 0.25) is 0 Å². The molecule has 0 aromatic carbocycles. The largest absolute Gasteiger partial charge is 0.310 e. The maximum absolute atomic E-state index is 12.9. The molecule has 1 saturated heterocycles. The fourth-order valence-corrected chi connectivity index (χ4v) is 6.30. The average molecular weight is 329 g/mol. The van der Waals surface area contributed by atoms with E-state index >= 15 is 0 Å². The molecule has 0 bridgehead atoms. The second kappa shape index (κ2) is 5.99. The zero-order chi connectivity index (χ0) is 15.0. The van der Waals surface area contributed by atoms with Crippen LogP contribution in [0.4, 0.5) is 0 Å². The molecule has 1 aliphatic heterocycles. The Balaban J connectivity index is 1.76. The molecular weight excluding hydrogens is 304 g/mol. The molecule has 3 rings (SSSR count). The Hall–Kier alpha value is -0.430. The highest BCUT2D eigenvalue weighted by Gasteiger charge is 2.36. The molecule has 1 saturated carbocycles. The van der Waals surface area contributed by atoms with Gasteiger partial charge in [0.15, 0.2) is 0 Å². The van der Waals surface area contributed by atoms with Gasteiger partial charge in [0, 0.05) is 24.7 Å². The number of thiophene rings is 1. The van der Waals surface area contributed by atoms with E-state index < -0.39 is 10.0 Å². The van der Waals surface area contributed by atoms with E-state index in [1.165, 1.54) is 24.2 Å². The molecule has 4 nitrogen and oxygen atoms in total.